The molecule has 2 aromatic carbocycles. The van der Waals surface area contributed by atoms with E-state index in [0.29, 0.717) is 42.5 Å². The monoisotopic (exact) mass is 385 g/mol. The molecule has 23 heavy (non-hydrogen) atoms. The van der Waals surface area contributed by atoms with Gasteiger partial charge in [-0.1, -0.05) is 52.5 Å². The highest BCUT2D eigenvalue weighted by atomic mass is 35.5. The minimum Gasteiger partial charge on any atom is -0.255 e. The van der Waals surface area contributed by atoms with Crippen molar-refractivity contribution < 1.29 is 4.39 Å². The van der Waals surface area contributed by atoms with Gasteiger partial charge in [-0.15, -0.1) is 0 Å². The lowest BCUT2D eigenvalue weighted by molar-refractivity contribution is 0.630. The summed E-state index contributed by atoms with van der Waals surface area (Å²) in [5, 5.41) is 1.75. The number of benzene rings is 2. The maximum atomic E-state index is 14.5. The Morgan fingerprint density at radius 2 is 1.26 bits per heavy atom. The molecule has 1 heterocycles. The van der Waals surface area contributed by atoms with E-state index in [0.717, 1.165) is 0 Å². The molecular formula is C17H8Cl4FN. The van der Waals surface area contributed by atoms with Gasteiger partial charge in [0.05, 0.1) is 15.7 Å². The highest BCUT2D eigenvalue weighted by molar-refractivity contribution is 6.37. The summed E-state index contributed by atoms with van der Waals surface area (Å²) in [6.07, 6.45) is 1.42. The molecule has 0 aliphatic heterocycles. The summed E-state index contributed by atoms with van der Waals surface area (Å²) < 4.78 is 14.5. The maximum absolute atomic E-state index is 14.5. The van der Waals surface area contributed by atoms with Crippen LogP contribution in [0.15, 0.2) is 48.7 Å². The highest BCUT2D eigenvalue weighted by Crippen LogP contribution is 2.34. The summed E-state index contributed by atoms with van der Waals surface area (Å²) in [5.74, 6) is -0.453. The predicted molar refractivity (Wildman–Crippen MR) is 95.1 cm³/mol. The van der Waals surface area contributed by atoms with Crippen LogP contribution in [0.5, 0.6) is 0 Å². The Bertz CT molecular complexity index is 896. The fourth-order valence-corrected chi connectivity index (χ4v) is 3.20. The van der Waals surface area contributed by atoms with E-state index in [9.17, 15) is 4.39 Å². The zero-order valence-electron chi connectivity index (χ0n) is 11.5. The van der Waals surface area contributed by atoms with E-state index in [1.165, 1.54) is 12.3 Å². The standard InChI is InChI=1S/C17H8Cl4FN/c18-9-1-3-11(14(20)5-9)13-8-23-17(7-16(13)22)12-4-2-10(19)6-15(12)21/h1-8H. The fourth-order valence-electron chi connectivity index (χ4n) is 2.18. The molecule has 0 aliphatic rings. The van der Waals surface area contributed by atoms with E-state index < -0.39 is 5.82 Å². The van der Waals surface area contributed by atoms with Gasteiger partial charge >= 0.3 is 0 Å². The lowest BCUT2D eigenvalue weighted by Gasteiger charge is -2.09. The molecule has 0 bridgehead atoms. The van der Waals surface area contributed by atoms with Gasteiger partial charge in [0.15, 0.2) is 0 Å². The summed E-state index contributed by atoms with van der Waals surface area (Å²) in [5.41, 5.74) is 1.83. The van der Waals surface area contributed by atoms with E-state index >= 15 is 0 Å². The summed E-state index contributed by atoms with van der Waals surface area (Å²) in [4.78, 5) is 4.28. The average molecular weight is 387 g/mol. The lowest BCUT2D eigenvalue weighted by atomic mass is 10.0. The predicted octanol–water partition coefficient (Wildman–Crippen LogP) is 7.17. The van der Waals surface area contributed by atoms with Crippen molar-refractivity contribution in [1.29, 1.82) is 0 Å². The molecule has 0 saturated heterocycles. The molecule has 0 N–H and O–H groups in total. The van der Waals surface area contributed by atoms with Gasteiger partial charge in [0.2, 0.25) is 0 Å². The topological polar surface area (TPSA) is 12.9 Å². The van der Waals surface area contributed by atoms with E-state index in [-0.39, 0.29) is 0 Å². The maximum Gasteiger partial charge on any atom is 0.134 e. The first-order valence-corrected chi connectivity index (χ1v) is 8.03. The molecule has 6 heteroatoms. The summed E-state index contributed by atoms with van der Waals surface area (Å²) in [7, 11) is 0. The molecule has 0 amide bonds. The van der Waals surface area contributed by atoms with Gasteiger partial charge in [-0.05, 0) is 30.3 Å². The second-order valence-corrected chi connectivity index (χ2v) is 6.48. The third-order valence-corrected chi connectivity index (χ3v) is 4.38. The molecular weight excluding hydrogens is 379 g/mol. The van der Waals surface area contributed by atoms with Crippen molar-refractivity contribution in [2.75, 3.05) is 0 Å². The quantitative estimate of drug-likeness (QED) is 0.454. The van der Waals surface area contributed by atoms with Crippen LogP contribution in [0.1, 0.15) is 0 Å². The molecule has 0 fully saturated rings. The van der Waals surface area contributed by atoms with Gasteiger partial charge < -0.3 is 0 Å². The molecule has 0 spiro atoms. The molecule has 1 nitrogen and oxygen atoms in total. The summed E-state index contributed by atoms with van der Waals surface area (Å²) in [6.45, 7) is 0. The van der Waals surface area contributed by atoms with Gasteiger partial charge in [-0.25, -0.2) is 4.39 Å². The van der Waals surface area contributed by atoms with Crippen molar-refractivity contribution in [3.8, 4) is 22.4 Å². The number of nitrogens with zero attached hydrogens (tertiary/aromatic N) is 1. The molecule has 1 aromatic heterocycles. The van der Waals surface area contributed by atoms with Crippen LogP contribution in [0.3, 0.4) is 0 Å². The van der Waals surface area contributed by atoms with Crippen molar-refractivity contribution in [2.24, 2.45) is 0 Å². The Kier molecular flexibility index (Phi) is 4.79. The summed E-state index contributed by atoms with van der Waals surface area (Å²) >= 11 is 24.0. The highest BCUT2D eigenvalue weighted by Gasteiger charge is 2.13. The Morgan fingerprint density at radius 3 is 1.78 bits per heavy atom. The minimum absolute atomic E-state index is 0.292. The first-order valence-electron chi connectivity index (χ1n) is 6.52. The Labute approximate surface area is 152 Å². The minimum atomic E-state index is -0.453. The molecule has 3 rings (SSSR count). The van der Waals surface area contributed by atoms with Gasteiger partial charge in [0, 0.05) is 39.0 Å². The molecule has 3 aromatic rings. The average Bonchev–Trinajstić information content (AvgIpc) is 2.48. The number of aromatic nitrogens is 1. The van der Waals surface area contributed by atoms with Crippen LogP contribution < -0.4 is 0 Å². The molecule has 0 atom stereocenters. The van der Waals surface area contributed by atoms with E-state index in [1.54, 1.807) is 36.4 Å². The number of hydrogen-bond donors (Lipinski definition) is 0. The number of halogens is 5. The zero-order chi connectivity index (χ0) is 16.6. The van der Waals surface area contributed by atoms with Crippen molar-refractivity contribution in [2.45, 2.75) is 0 Å². The van der Waals surface area contributed by atoms with Gasteiger partial charge in [-0.3, -0.25) is 4.98 Å². The van der Waals surface area contributed by atoms with Crippen LogP contribution in [-0.2, 0) is 0 Å². The molecule has 0 saturated carbocycles. The van der Waals surface area contributed by atoms with E-state index in [2.05, 4.69) is 4.98 Å². The third-order valence-electron chi connectivity index (χ3n) is 3.28. The lowest BCUT2D eigenvalue weighted by Crippen LogP contribution is -1.92. The van der Waals surface area contributed by atoms with Crippen LogP contribution >= 0.6 is 46.4 Å². The SMILES string of the molecule is Fc1cc(-c2ccc(Cl)cc2Cl)ncc1-c1ccc(Cl)cc1Cl. The van der Waals surface area contributed by atoms with Gasteiger partial charge in [0.25, 0.3) is 0 Å². The molecule has 0 aliphatic carbocycles. The van der Waals surface area contributed by atoms with Crippen LogP contribution in [0.2, 0.25) is 20.1 Å². The Hall–Kier alpha value is -1.32. The van der Waals surface area contributed by atoms with Crippen molar-refractivity contribution in [1.82, 2.24) is 4.98 Å². The van der Waals surface area contributed by atoms with Crippen LogP contribution in [-0.4, -0.2) is 4.98 Å². The van der Waals surface area contributed by atoms with E-state index in [4.69, 9.17) is 46.4 Å². The third kappa shape index (κ3) is 3.46. The van der Waals surface area contributed by atoms with Crippen molar-refractivity contribution >= 4 is 46.4 Å². The normalized spacial score (nSPS) is 10.8. The fraction of sp³-hybridized carbons (Fsp3) is 0. The van der Waals surface area contributed by atoms with Crippen LogP contribution in [0.25, 0.3) is 22.4 Å². The van der Waals surface area contributed by atoms with Gasteiger partial charge in [-0.2, -0.15) is 0 Å². The largest absolute Gasteiger partial charge is 0.255 e. The second-order valence-electron chi connectivity index (χ2n) is 4.80. The first kappa shape index (κ1) is 16.5. The number of rotatable bonds is 2. The Balaban J connectivity index is 2.07. The number of pyridine rings is 1. The second kappa shape index (κ2) is 6.66. The summed E-state index contributed by atoms with van der Waals surface area (Å²) in [6, 6.07) is 11.1. The van der Waals surface area contributed by atoms with Crippen molar-refractivity contribution in [3.63, 3.8) is 0 Å². The molecule has 0 radical (unpaired) electrons. The molecule has 116 valence electrons. The first-order chi connectivity index (χ1) is 11.0. The van der Waals surface area contributed by atoms with E-state index in [1.807, 2.05) is 0 Å². The van der Waals surface area contributed by atoms with Crippen LogP contribution in [0, 0.1) is 5.82 Å². The molecule has 0 unspecified atom stereocenters. The Morgan fingerprint density at radius 1 is 0.696 bits per heavy atom. The van der Waals surface area contributed by atoms with Crippen molar-refractivity contribution in [3.05, 3.63) is 74.6 Å². The smallest absolute Gasteiger partial charge is 0.134 e. The zero-order valence-corrected chi connectivity index (χ0v) is 14.5. The van der Waals surface area contributed by atoms with Crippen LogP contribution in [0.4, 0.5) is 4.39 Å². The number of hydrogen-bond acceptors (Lipinski definition) is 1. The van der Waals surface area contributed by atoms with Gasteiger partial charge in [0.1, 0.15) is 5.82 Å².